The van der Waals surface area contributed by atoms with E-state index in [0.717, 1.165) is 0 Å². The molecule has 0 fully saturated rings. The largest absolute Gasteiger partial charge is 0.488 e. The van der Waals surface area contributed by atoms with Gasteiger partial charge in [-0.25, -0.2) is 0 Å². The first-order valence-corrected chi connectivity index (χ1v) is 3.72. The molecule has 3 heteroatoms. The lowest BCUT2D eigenvalue weighted by Crippen LogP contribution is -2.23. The van der Waals surface area contributed by atoms with Crippen molar-refractivity contribution in [3.05, 3.63) is 23.7 Å². The van der Waals surface area contributed by atoms with Crippen molar-refractivity contribution in [2.75, 3.05) is 13.2 Å². The molecule has 0 aromatic heterocycles. The van der Waals surface area contributed by atoms with Crippen molar-refractivity contribution < 1.29 is 14.6 Å². The van der Waals surface area contributed by atoms with Crippen molar-refractivity contribution in [1.29, 1.82) is 0 Å². The van der Waals surface area contributed by atoms with Crippen molar-refractivity contribution in [3.63, 3.8) is 0 Å². The number of hydrogen-bond donors (Lipinski definition) is 1. The molecule has 0 aromatic carbocycles. The highest BCUT2D eigenvalue weighted by Gasteiger charge is 2.23. The van der Waals surface area contributed by atoms with Gasteiger partial charge in [0.25, 0.3) is 0 Å². The van der Waals surface area contributed by atoms with Crippen molar-refractivity contribution in [2.45, 2.75) is 12.5 Å². The van der Waals surface area contributed by atoms with Gasteiger partial charge in [-0.05, 0) is 12.5 Å². The summed E-state index contributed by atoms with van der Waals surface area (Å²) in [6, 6.07) is 0. The maximum atomic E-state index is 9.39. The molecule has 1 unspecified atom stereocenters. The minimum atomic E-state index is -0.504. The summed E-state index contributed by atoms with van der Waals surface area (Å²) in [5, 5.41) is 9.39. The summed E-state index contributed by atoms with van der Waals surface area (Å²) in [7, 11) is 0. The van der Waals surface area contributed by atoms with Crippen LogP contribution in [0.25, 0.3) is 0 Å². The summed E-state index contributed by atoms with van der Waals surface area (Å²) in [4.78, 5) is 0. The van der Waals surface area contributed by atoms with Gasteiger partial charge in [0.15, 0.2) is 11.5 Å². The first-order valence-electron chi connectivity index (χ1n) is 3.72. The van der Waals surface area contributed by atoms with Crippen molar-refractivity contribution in [2.24, 2.45) is 0 Å². The van der Waals surface area contributed by atoms with Gasteiger partial charge in [-0.2, -0.15) is 0 Å². The van der Waals surface area contributed by atoms with E-state index in [1.807, 2.05) is 12.2 Å². The van der Waals surface area contributed by atoms with E-state index in [0.29, 0.717) is 31.2 Å². The van der Waals surface area contributed by atoms with E-state index < -0.39 is 6.10 Å². The van der Waals surface area contributed by atoms with Gasteiger partial charge >= 0.3 is 0 Å². The average Bonchev–Trinajstić information content (AvgIpc) is 2.06. The second-order valence-electron chi connectivity index (χ2n) is 2.58. The lowest BCUT2D eigenvalue weighted by atomic mass is 10.1. The van der Waals surface area contributed by atoms with Crippen LogP contribution in [0.1, 0.15) is 6.42 Å². The Bertz CT molecular complexity index is 217. The summed E-state index contributed by atoms with van der Waals surface area (Å²) in [6.45, 7) is 1.12. The summed E-state index contributed by atoms with van der Waals surface area (Å²) >= 11 is 0. The molecule has 0 aromatic rings. The number of rotatable bonds is 0. The Morgan fingerprint density at radius 3 is 3.00 bits per heavy atom. The molecule has 11 heavy (non-hydrogen) atoms. The van der Waals surface area contributed by atoms with Crippen LogP contribution in [-0.2, 0) is 9.47 Å². The van der Waals surface area contributed by atoms with Crippen molar-refractivity contribution in [3.8, 4) is 0 Å². The quantitative estimate of drug-likeness (QED) is 0.554. The first-order chi connectivity index (χ1) is 5.38. The number of aliphatic hydroxyl groups is 1. The molecule has 0 saturated carbocycles. The highest BCUT2D eigenvalue weighted by Crippen LogP contribution is 2.23. The topological polar surface area (TPSA) is 38.7 Å². The van der Waals surface area contributed by atoms with E-state index in [1.165, 1.54) is 0 Å². The van der Waals surface area contributed by atoms with E-state index in [9.17, 15) is 5.11 Å². The van der Waals surface area contributed by atoms with Crippen LogP contribution >= 0.6 is 0 Å². The second-order valence-corrected chi connectivity index (χ2v) is 2.58. The predicted molar refractivity (Wildman–Crippen MR) is 38.7 cm³/mol. The van der Waals surface area contributed by atoms with Gasteiger partial charge in [-0.3, -0.25) is 0 Å². The number of hydrogen-bond acceptors (Lipinski definition) is 3. The summed E-state index contributed by atoms with van der Waals surface area (Å²) < 4.78 is 10.5. The van der Waals surface area contributed by atoms with Crippen LogP contribution in [0, 0.1) is 0 Å². The smallest absolute Gasteiger partial charge is 0.167 e. The van der Waals surface area contributed by atoms with E-state index in [-0.39, 0.29) is 0 Å². The highest BCUT2D eigenvalue weighted by atomic mass is 16.6. The van der Waals surface area contributed by atoms with Crippen LogP contribution in [0.4, 0.5) is 0 Å². The van der Waals surface area contributed by atoms with Crippen LogP contribution in [0.3, 0.4) is 0 Å². The van der Waals surface area contributed by atoms with Crippen LogP contribution in [0.2, 0.25) is 0 Å². The lowest BCUT2D eigenvalue weighted by Gasteiger charge is -2.25. The van der Waals surface area contributed by atoms with E-state index in [2.05, 4.69) is 0 Å². The Morgan fingerprint density at radius 1 is 1.36 bits per heavy atom. The van der Waals surface area contributed by atoms with E-state index >= 15 is 0 Å². The normalized spacial score (nSPS) is 29.0. The molecule has 1 aliphatic carbocycles. The number of allylic oxidation sites excluding steroid dienone is 1. The van der Waals surface area contributed by atoms with Gasteiger partial charge in [0.2, 0.25) is 0 Å². The fourth-order valence-corrected chi connectivity index (χ4v) is 1.25. The zero-order valence-corrected chi connectivity index (χ0v) is 6.12. The molecule has 2 aliphatic rings. The van der Waals surface area contributed by atoms with Crippen LogP contribution in [-0.4, -0.2) is 24.4 Å². The SMILES string of the molecule is OC1CC=CC2=C1OCCO2. The van der Waals surface area contributed by atoms with Crippen molar-refractivity contribution >= 4 is 0 Å². The summed E-state index contributed by atoms with van der Waals surface area (Å²) in [5.41, 5.74) is 0. The minimum absolute atomic E-state index is 0.504. The fraction of sp³-hybridized carbons (Fsp3) is 0.500. The molecule has 3 nitrogen and oxygen atoms in total. The number of ether oxygens (including phenoxy) is 2. The zero-order chi connectivity index (χ0) is 7.68. The maximum absolute atomic E-state index is 9.39. The third kappa shape index (κ3) is 1.12. The fourth-order valence-electron chi connectivity index (χ4n) is 1.25. The van der Waals surface area contributed by atoms with Gasteiger partial charge in [-0.15, -0.1) is 0 Å². The van der Waals surface area contributed by atoms with Crippen LogP contribution in [0.15, 0.2) is 23.7 Å². The Kier molecular flexibility index (Phi) is 1.58. The molecule has 1 atom stereocenters. The Labute approximate surface area is 64.9 Å². The average molecular weight is 154 g/mol. The molecular formula is C8H10O3. The maximum Gasteiger partial charge on any atom is 0.167 e. The van der Waals surface area contributed by atoms with Crippen molar-refractivity contribution in [1.82, 2.24) is 0 Å². The number of aliphatic hydroxyl groups excluding tert-OH is 1. The molecule has 0 amide bonds. The molecule has 1 N–H and O–H groups in total. The first kappa shape index (κ1) is 6.73. The van der Waals surface area contributed by atoms with Gasteiger partial charge in [0, 0.05) is 0 Å². The molecular weight excluding hydrogens is 144 g/mol. The molecule has 0 saturated heterocycles. The Balaban J connectivity index is 2.27. The highest BCUT2D eigenvalue weighted by molar-refractivity contribution is 5.25. The molecule has 2 rings (SSSR count). The summed E-state index contributed by atoms with van der Waals surface area (Å²) in [6.07, 6.45) is 3.86. The Hall–Kier alpha value is -0.960. The predicted octanol–water partition coefficient (Wildman–Crippen LogP) is 0.566. The molecule has 1 heterocycles. The van der Waals surface area contributed by atoms with Gasteiger partial charge in [0.05, 0.1) is 0 Å². The van der Waals surface area contributed by atoms with Gasteiger partial charge in [-0.1, -0.05) is 6.08 Å². The molecule has 0 radical (unpaired) electrons. The third-order valence-corrected chi connectivity index (χ3v) is 1.77. The third-order valence-electron chi connectivity index (χ3n) is 1.77. The molecule has 0 spiro atoms. The molecule has 1 aliphatic heterocycles. The molecule has 60 valence electrons. The van der Waals surface area contributed by atoms with E-state index in [4.69, 9.17) is 9.47 Å². The molecule has 0 bridgehead atoms. The zero-order valence-electron chi connectivity index (χ0n) is 6.12. The second kappa shape index (κ2) is 2.58. The standard InChI is InChI=1S/C8H10O3/c9-6-2-1-3-7-8(6)11-5-4-10-7/h1,3,6,9H,2,4-5H2. The lowest BCUT2D eigenvalue weighted by molar-refractivity contribution is 0.0222. The van der Waals surface area contributed by atoms with Gasteiger partial charge < -0.3 is 14.6 Å². The van der Waals surface area contributed by atoms with Crippen LogP contribution < -0.4 is 0 Å². The van der Waals surface area contributed by atoms with Crippen LogP contribution in [0.5, 0.6) is 0 Å². The summed E-state index contributed by atoms with van der Waals surface area (Å²) in [5.74, 6) is 1.29. The Morgan fingerprint density at radius 2 is 2.18 bits per heavy atom. The van der Waals surface area contributed by atoms with Gasteiger partial charge in [0.1, 0.15) is 19.3 Å². The minimum Gasteiger partial charge on any atom is -0.488 e. The monoisotopic (exact) mass is 154 g/mol. The van der Waals surface area contributed by atoms with E-state index in [1.54, 1.807) is 0 Å².